The van der Waals surface area contributed by atoms with Crippen molar-refractivity contribution in [2.24, 2.45) is 16.8 Å². The number of sulfonamides is 1. The van der Waals surface area contributed by atoms with E-state index < -0.39 is 15.9 Å². The zero-order valence-corrected chi connectivity index (χ0v) is 12.9. The minimum atomic E-state index is -3.68. The van der Waals surface area contributed by atoms with Gasteiger partial charge < -0.3 is 15.5 Å². The molecule has 0 bridgehead atoms. The quantitative estimate of drug-likeness (QED) is 0.337. The molecule has 3 N–H and O–H groups in total. The molecule has 0 aliphatic carbocycles. The van der Waals surface area contributed by atoms with Gasteiger partial charge in [-0.25, -0.2) is 13.4 Å². The molecule has 0 aliphatic rings. The van der Waals surface area contributed by atoms with Crippen molar-refractivity contribution < 1.29 is 13.6 Å². The van der Waals surface area contributed by atoms with Crippen molar-refractivity contribution in [2.45, 2.75) is 32.3 Å². The van der Waals surface area contributed by atoms with E-state index in [0.29, 0.717) is 12.4 Å². The maximum atomic E-state index is 12.4. The molecule has 0 aromatic carbocycles. The van der Waals surface area contributed by atoms with Crippen LogP contribution in [-0.4, -0.2) is 46.9 Å². The molecular formula is C11H21N5O3S. The van der Waals surface area contributed by atoms with Crippen molar-refractivity contribution in [3.63, 3.8) is 0 Å². The number of hydrogen-bond acceptors (Lipinski definition) is 5. The Morgan fingerprint density at radius 2 is 2.25 bits per heavy atom. The molecule has 114 valence electrons. The van der Waals surface area contributed by atoms with Gasteiger partial charge >= 0.3 is 0 Å². The third-order valence-electron chi connectivity index (χ3n) is 3.12. The molecule has 0 saturated heterocycles. The number of oxime groups is 1. The molecule has 0 fully saturated rings. The SMILES string of the molecule is CCn1cc(S(=O)(=O)N(C)CC(C)C(N)=NO)nc1C. The van der Waals surface area contributed by atoms with Crippen LogP contribution in [0, 0.1) is 12.8 Å². The second-order valence-electron chi connectivity index (χ2n) is 4.62. The summed E-state index contributed by atoms with van der Waals surface area (Å²) in [6.45, 7) is 6.10. The van der Waals surface area contributed by atoms with Crippen LogP contribution in [0.4, 0.5) is 0 Å². The second-order valence-corrected chi connectivity index (χ2v) is 6.62. The van der Waals surface area contributed by atoms with Crippen molar-refractivity contribution in [2.75, 3.05) is 13.6 Å². The Labute approximate surface area is 118 Å². The average Bonchev–Trinajstić information content (AvgIpc) is 2.79. The molecule has 0 saturated carbocycles. The first kappa shape index (κ1) is 16.4. The molecule has 0 amide bonds. The van der Waals surface area contributed by atoms with E-state index in [2.05, 4.69) is 10.1 Å². The summed E-state index contributed by atoms with van der Waals surface area (Å²) in [7, 11) is -2.24. The average molecular weight is 303 g/mol. The zero-order chi connectivity index (χ0) is 15.5. The summed E-state index contributed by atoms with van der Waals surface area (Å²) in [4.78, 5) is 4.07. The number of hydrogen-bond donors (Lipinski definition) is 2. The lowest BCUT2D eigenvalue weighted by Crippen LogP contribution is -2.36. The fraction of sp³-hybridized carbons (Fsp3) is 0.636. The third-order valence-corrected chi connectivity index (χ3v) is 4.82. The number of nitrogens with two attached hydrogens (primary N) is 1. The van der Waals surface area contributed by atoms with Crippen molar-refractivity contribution >= 4 is 15.9 Å². The Hall–Kier alpha value is -1.61. The molecule has 1 heterocycles. The summed E-state index contributed by atoms with van der Waals surface area (Å²) < 4.78 is 27.6. The number of aromatic nitrogens is 2. The van der Waals surface area contributed by atoms with Crippen LogP contribution < -0.4 is 5.73 Å². The van der Waals surface area contributed by atoms with Gasteiger partial charge in [0.15, 0.2) is 5.03 Å². The molecule has 1 unspecified atom stereocenters. The van der Waals surface area contributed by atoms with Crippen LogP contribution in [0.3, 0.4) is 0 Å². The highest BCUT2D eigenvalue weighted by atomic mass is 32.2. The van der Waals surface area contributed by atoms with E-state index in [1.54, 1.807) is 18.4 Å². The van der Waals surface area contributed by atoms with E-state index >= 15 is 0 Å². The molecule has 0 radical (unpaired) electrons. The van der Waals surface area contributed by atoms with Gasteiger partial charge in [-0.05, 0) is 13.8 Å². The van der Waals surface area contributed by atoms with Crippen molar-refractivity contribution in [1.29, 1.82) is 0 Å². The van der Waals surface area contributed by atoms with E-state index in [1.165, 1.54) is 13.2 Å². The van der Waals surface area contributed by atoms with Crippen molar-refractivity contribution in [3.8, 4) is 0 Å². The summed E-state index contributed by atoms with van der Waals surface area (Å²) in [5.41, 5.74) is 5.46. The highest BCUT2D eigenvalue weighted by Crippen LogP contribution is 2.15. The molecule has 1 rings (SSSR count). The molecule has 9 heteroatoms. The summed E-state index contributed by atoms with van der Waals surface area (Å²) >= 11 is 0. The van der Waals surface area contributed by atoms with Gasteiger partial charge in [-0.1, -0.05) is 12.1 Å². The highest BCUT2D eigenvalue weighted by Gasteiger charge is 2.26. The predicted octanol–water partition coefficient (Wildman–Crippen LogP) is 0.214. The lowest BCUT2D eigenvalue weighted by atomic mass is 10.2. The van der Waals surface area contributed by atoms with E-state index in [4.69, 9.17) is 10.9 Å². The first-order chi connectivity index (χ1) is 9.23. The Morgan fingerprint density at radius 3 is 2.70 bits per heavy atom. The molecule has 1 atom stereocenters. The van der Waals surface area contributed by atoms with Crippen molar-refractivity contribution in [1.82, 2.24) is 13.9 Å². The van der Waals surface area contributed by atoms with Crippen LogP contribution in [0.2, 0.25) is 0 Å². The van der Waals surface area contributed by atoms with Gasteiger partial charge in [0.25, 0.3) is 10.0 Å². The minimum Gasteiger partial charge on any atom is -0.409 e. The fourth-order valence-electron chi connectivity index (χ4n) is 1.76. The Balaban J connectivity index is 2.98. The van der Waals surface area contributed by atoms with Crippen LogP contribution in [0.1, 0.15) is 19.7 Å². The molecule has 0 aliphatic heterocycles. The van der Waals surface area contributed by atoms with Crippen LogP contribution in [0.5, 0.6) is 0 Å². The summed E-state index contributed by atoms with van der Waals surface area (Å²) in [6, 6.07) is 0. The largest absolute Gasteiger partial charge is 0.409 e. The molecule has 8 nitrogen and oxygen atoms in total. The monoisotopic (exact) mass is 303 g/mol. The molecule has 20 heavy (non-hydrogen) atoms. The van der Waals surface area contributed by atoms with Crippen LogP contribution in [0.15, 0.2) is 16.4 Å². The van der Waals surface area contributed by atoms with Gasteiger partial charge in [0.05, 0.1) is 0 Å². The zero-order valence-electron chi connectivity index (χ0n) is 12.1. The summed E-state index contributed by atoms with van der Waals surface area (Å²) in [5, 5.41) is 11.5. The predicted molar refractivity (Wildman–Crippen MR) is 75.0 cm³/mol. The van der Waals surface area contributed by atoms with Crippen LogP contribution >= 0.6 is 0 Å². The lowest BCUT2D eigenvalue weighted by Gasteiger charge is -2.19. The second kappa shape index (κ2) is 6.23. The third kappa shape index (κ3) is 3.28. The van der Waals surface area contributed by atoms with Crippen LogP contribution in [-0.2, 0) is 16.6 Å². The first-order valence-electron chi connectivity index (χ1n) is 6.21. The number of aryl methyl sites for hydroxylation is 2. The van der Waals surface area contributed by atoms with Gasteiger partial charge in [-0.3, -0.25) is 0 Å². The topological polar surface area (TPSA) is 114 Å². The Morgan fingerprint density at radius 1 is 1.65 bits per heavy atom. The standard InChI is InChI=1S/C11H21N5O3S/c1-5-16-7-10(13-9(16)3)20(18,19)15(4)6-8(2)11(12)14-17/h7-8,17H,5-6H2,1-4H3,(H2,12,14). The molecular weight excluding hydrogens is 282 g/mol. The fourth-order valence-corrected chi connectivity index (χ4v) is 3.01. The first-order valence-corrected chi connectivity index (χ1v) is 7.65. The number of imidazole rings is 1. The smallest absolute Gasteiger partial charge is 0.261 e. The summed E-state index contributed by atoms with van der Waals surface area (Å²) in [5.74, 6) is 0.236. The maximum Gasteiger partial charge on any atom is 0.261 e. The Kier molecular flexibility index (Phi) is 5.12. The van der Waals surface area contributed by atoms with E-state index in [-0.39, 0.29) is 17.4 Å². The highest BCUT2D eigenvalue weighted by molar-refractivity contribution is 7.89. The lowest BCUT2D eigenvalue weighted by molar-refractivity contribution is 0.312. The normalized spacial score (nSPS) is 14.8. The van der Waals surface area contributed by atoms with Crippen LogP contribution in [0.25, 0.3) is 0 Å². The number of nitrogens with zero attached hydrogens (tertiary/aromatic N) is 4. The Bertz CT molecular complexity index is 593. The molecule has 0 spiro atoms. The van der Waals surface area contributed by atoms with Gasteiger partial charge in [-0.15, -0.1) is 0 Å². The van der Waals surface area contributed by atoms with Gasteiger partial charge in [0.2, 0.25) is 0 Å². The van der Waals surface area contributed by atoms with E-state index in [0.717, 1.165) is 4.31 Å². The number of amidine groups is 1. The minimum absolute atomic E-state index is 0.00561. The van der Waals surface area contributed by atoms with E-state index in [9.17, 15) is 8.42 Å². The van der Waals surface area contributed by atoms with E-state index in [1.807, 2.05) is 6.92 Å². The summed E-state index contributed by atoms with van der Waals surface area (Å²) in [6.07, 6.45) is 1.51. The van der Waals surface area contributed by atoms with Gasteiger partial charge in [-0.2, -0.15) is 4.31 Å². The van der Waals surface area contributed by atoms with Crippen molar-refractivity contribution in [3.05, 3.63) is 12.0 Å². The maximum absolute atomic E-state index is 12.4. The number of rotatable bonds is 6. The molecule has 1 aromatic heterocycles. The van der Waals surface area contributed by atoms with Gasteiger partial charge in [0.1, 0.15) is 11.7 Å². The van der Waals surface area contributed by atoms with Gasteiger partial charge in [0, 0.05) is 32.3 Å². The molecule has 1 aromatic rings.